The molecular weight excluding hydrogens is 274 g/mol. The van der Waals surface area contributed by atoms with Gasteiger partial charge in [0.25, 0.3) is 0 Å². The third kappa shape index (κ3) is 4.67. The van der Waals surface area contributed by atoms with E-state index < -0.39 is 10.4 Å². The number of oxime groups is 1. The maximum atomic E-state index is 10.5. The first-order valence-electron chi connectivity index (χ1n) is 5.22. The van der Waals surface area contributed by atoms with Crippen LogP contribution < -0.4 is 0 Å². The van der Waals surface area contributed by atoms with E-state index in [4.69, 9.17) is 4.55 Å². The lowest BCUT2D eigenvalue weighted by Crippen LogP contribution is -2.11. The number of hydrogen-bond acceptors (Lipinski definition) is 5. The molecule has 0 aliphatic rings. The van der Waals surface area contributed by atoms with Crippen molar-refractivity contribution in [2.45, 2.75) is 18.7 Å². The van der Waals surface area contributed by atoms with Gasteiger partial charge in [-0.2, -0.15) is 8.42 Å². The van der Waals surface area contributed by atoms with Crippen molar-refractivity contribution in [2.24, 2.45) is 11.1 Å². The zero-order valence-electron chi connectivity index (χ0n) is 10.3. The zero-order valence-corrected chi connectivity index (χ0v) is 12.0. The van der Waals surface area contributed by atoms with Gasteiger partial charge in [0.05, 0.1) is 5.71 Å². The van der Waals surface area contributed by atoms with Crippen LogP contribution in [0.25, 0.3) is 0 Å². The quantitative estimate of drug-likeness (QED) is 0.390. The highest BCUT2D eigenvalue weighted by Gasteiger charge is 2.12. The maximum Gasteiger partial charge on any atom is 0.466 e. The molecule has 0 amide bonds. The normalized spacial score (nSPS) is 12.8. The molecule has 7 heteroatoms. The Labute approximate surface area is 111 Å². The molecule has 1 N–H and O–H groups in total. The van der Waals surface area contributed by atoms with Crippen LogP contribution >= 0.6 is 11.8 Å². The van der Waals surface area contributed by atoms with Crippen molar-refractivity contribution >= 4 is 27.9 Å². The lowest BCUT2D eigenvalue weighted by molar-refractivity contribution is 0.281. The van der Waals surface area contributed by atoms with Crippen LogP contribution in [0.1, 0.15) is 19.4 Å². The predicted octanol–water partition coefficient (Wildman–Crippen LogP) is 2.59. The minimum absolute atomic E-state index is 0.0353. The van der Waals surface area contributed by atoms with Gasteiger partial charge in [0, 0.05) is 4.90 Å². The van der Waals surface area contributed by atoms with Gasteiger partial charge in [0.15, 0.2) is 0 Å². The Hall–Kier alpha value is -1.05. The molecule has 0 saturated carbocycles. The summed E-state index contributed by atoms with van der Waals surface area (Å²) in [5.74, 6) is -0.0353. The molecule has 0 atom stereocenters. The van der Waals surface area contributed by atoms with E-state index in [-0.39, 0.29) is 5.92 Å². The van der Waals surface area contributed by atoms with Gasteiger partial charge in [-0.3, -0.25) is 4.55 Å². The molecule has 5 nitrogen and oxygen atoms in total. The summed E-state index contributed by atoms with van der Waals surface area (Å²) < 4.78 is 33.6. The second-order valence-corrected chi connectivity index (χ2v) is 5.75. The first-order valence-corrected chi connectivity index (χ1v) is 7.81. The predicted molar refractivity (Wildman–Crippen MR) is 72.2 cm³/mol. The Balaban J connectivity index is 3.04. The number of nitrogens with zero attached hydrogens (tertiary/aromatic N) is 1. The van der Waals surface area contributed by atoms with Crippen molar-refractivity contribution in [3.8, 4) is 0 Å². The largest absolute Gasteiger partial charge is 0.466 e. The first-order chi connectivity index (χ1) is 8.33. The van der Waals surface area contributed by atoms with Crippen LogP contribution in [-0.4, -0.2) is 24.9 Å². The first kappa shape index (κ1) is 15.0. The Morgan fingerprint density at radius 2 is 1.89 bits per heavy atom. The smallest absolute Gasteiger partial charge is 0.253 e. The van der Waals surface area contributed by atoms with Gasteiger partial charge >= 0.3 is 10.4 Å². The third-order valence-electron chi connectivity index (χ3n) is 2.16. The van der Waals surface area contributed by atoms with E-state index in [0.29, 0.717) is 5.71 Å². The molecule has 0 bridgehead atoms. The lowest BCUT2D eigenvalue weighted by atomic mass is 10.0. The maximum absolute atomic E-state index is 10.5. The van der Waals surface area contributed by atoms with E-state index >= 15 is 0 Å². The second kappa shape index (κ2) is 6.21. The minimum atomic E-state index is -4.57. The average Bonchev–Trinajstić information content (AvgIpc) is 2.28. The summed E-state index contributed by atoms with van der Waals surface area (Å²) in [4.78, 5) is 1.09. The summed E-state index contributed by atoms with van der Waals surface area (Å²) in [6.45, 7) is 3.71. The summed E-state index contributed by atoms with van der Waals surface area (Å²) in [5, 5.41) is 3.49. The third-order valence-corrected chi connectivity index (χ3v) is 3.17. The summed E-state index contributed by atoms with van der Waals surface area (Å²) >= 11 is 1.61. The standard InChI is InChI=1S/C11H15NO4S2/c1-8(2)11(12-16-18(13,14)15)9-4-6-10(17-3)7-5-9/h4-8H,1-3H3,(H,13,14,15)/b12-11-. The average molecular weight is 289 g/mol. The van der Waals surface area contributed by atoms with Gasteiger partial charge in [-0.05, 0) is 29.9 Å². The fourth-order valence-electron chi connectivity index (χ4n) is 1.34. The Bertz CT molecular complexity index is 520. The van der Waals surface area contributed by atoms with Crippen molar-refractivity contribution < 1.29 is 17.3 Å². The lowest BCUT2D eigenvalue weighted by Gasteiger charge is -2.09. The van der Waals surface area contributed by atoms with E-state index in [1.54, 1.807) is 11.8 Å². The van der Waals surface area contributed by atoms with Crippen LogP contribution in [0, 0.1) is 5.92 Å². The van der Waals surface area contributed by atoms with Crippen molar-refractivity contribution in [1.29, 1.82) is 0 Å². The molecule has 0 aromatic heterocycles. The second-order valence-electron chi connectivity index (χ2n) is 3.86. The summed E-state index contributed by atoms with van der Waals surface area (Å²) in [6, 6.07) is 7.48. The molecule has 0 aliphatic carbocycles. The van der Waals surface area contributed by atoms with Gasteiger partial charge in [-0.25, -0.2) is 4.28 Å². The van der Waals surface area contributed by atoms with Gasteiger partial charge in [0.1, 0.15) is 0 Å². The van der Waals surface area contributed by atoms with Crippen molar-refractivity contribution in [1.82, 2.24) is 0 Å². The van der Waals surface area contributed by atoms with Crippen molar-refractivity contribution in [3.63, 3.8) is 0 Å². The van der Waals surface area contributed by atoms with Crippen LogP contribution in [0.3, 0.4) is 0 Å². The number of thioether (sulfide) groups is 1. The molecule has 0 fully saturated rings. The van der Waals surface area contributed by atoms with E-state index in [1.807, 2.05) is 44.4 Å². The van der Waals surface area contributed by atoms with Crippen molar-refractivity contribution in [3.05, 3.63) is 29.8 Å². The van der Waals surface area contributed by atoms with Gasteiger partial charge in [-0.1, -0.05) is 31.1 Å². The summed E-state index contributed by atoms with van der Waals surface area (Å²) in [6.07, 6.45) is 1.97. The molecule has 1 rings (SSSR count). The molecule has 0 saturated heterocycles. The zero-order chi connectivity index (χ0) is 13.8. The minimum Gasteiger partial charge on any atom is -0.253 e. The Kier molecular flexibility index (Phi) is 5.18. The number of hydrogen-bond donors (Lipinski definition) is 1. The molecule has 0 heterocycles. The molecule has 0 aliphatic heterocycles. The van der Waals surface area contributed by atoms with E-state index in [9.17, 15) is 8.42 Å². The monoisotopic (exact) mass is 289 g/mol. The van der Waals surface area contributed by atoms with Crippen LogP contribution in [0.15, 0.2) is 34.3 Å². The van der Waals surface area contributed by atoms with Gasteiger partial charge in [-0.15, -0.1) is 11.8 Å². The number of rotatable bonds is 5. The molecule has 1 aromatic carbocycles. The van der Waals surface area contributed by atoms with Crippen LogP contribution in [0.2, 0.25) is 0 Å². The van der Waals surface area contributed by atoms with Gasteiger partial charge < -0.3 is 0 Å². The highest BCUT2D eigenvalue weighted by atomic mass is 32.3. The van der Waals surface area contributed by atoms with E-state index in [0.717, 1.165) is 10.5 Å². The van der Waals surface area contributed by atoms with E-state index in [2.05, 4.69) is 9.44 Å². The Morgan fingerprint density at radius 3 is 2.28 bits per heavy atom. The topological polar surface area (TPSA) is 76.0 Å². The van der Waals surface area contributed by atoms with Crippen molar-refractivity contribution in [2.75, 3.05) is 6.26 Å². The summed E-state index contributed by atoms with van der Waals surface area (Å²) in [5.41, 5.74) is 1.21. The molecule has 18 heavy (non-hydrogen) atoms. The SMILES string of the molecule is CSc1ccc(/C(=N\OS(=O)(=O)O)C(C)C)cc1. The molecule has 0 spiro atoms. The van der Waals surface area contributed by atoms with Crippen LogP contribution in [-0.2, 0) is 14.7 Å². The fourth-order valence-corrected chi connectivity index (χ4v) is 1.92. The van der Waals surface area contributed by atoms with Crippen LogP contribution in [0.5, 0.6) is 0 Å². The van der Waals surface area contributed by atoms with Gasteiger partial charge in [0.2, 0.25) is 0 Å². The van der Waals surface area contributed by atoms with E-state index in [1.165, 1.54) is 0 Å². The molecule has 1 aromatic rings. The number of benzene rings is 1. The highest BCUT2D eigenvalue weighted by Crippen LogP contribution is 2.17. The summed E-state index contributed by atoms with van der Waals surface area (Å²) in [7, 11) is -4.57. The molecule has 0 radical (unpaired) electrons. The molecule has 0 unspecified atom stereocenters. The molecular formula is C11H15NO4S2. The Morgan fingerprint density at radius 1 is 1.33 bits per heavy atom. The molecule has 100 valence electrons. The highest BCUT2D eigenvalue weighted by molar-refractivity contribution is 7.98. The van der Waals surface area contributed by atoms with Crippen LogP contribution in [0.4, 0.5) is 0 Å². The fraction of sp³-hybridized carbons (Fsp3) is 0.364.